The number of ether oxygens (including phenoxy) is 2. The normalized spacial score (nSPS) is 12.0. The van der Waals surface area contributed by atoms with E-state index in [4.69, 9.17) is 9.47 Å². The smallest absolute Gasteiger partial charge is 0.161 e. The number of benzene rings is 2. The molecule has 2 aromatic carbocycles. The maximum absolute atomic E-state index is 9.60. The SMILES string of the molecule is COc1cc([C@H](C)O)ccc1OCc1ccc(C)c(C)c1. The Morgan fingerprint density at radius 1 is 1.00 bits per heavy atom. The van der Waals surface area contributed by atoms with Gasteiger partial charge in [-0.2, -0.15) is 0 Å². The van der Waals surface area contributed by atoms with Crippen LogP contribution in [0, 0.1) is 13.8 Å². The fourth-order valence-electron chi connectivity index (χ4n) is 2.12. The largest absolute Gasteiger partial charge is 0.493 e. The van der Waals surface area contributed by atoms with Gasteiger partial charge in [0.25, 0.3) is 0 Å². The van der Waals surface area contributed by atoms with Gasteiger partial charge in [0.15, 0.2) is 11.5 Å². The number of hydrogen-bond donors (Lipinski definition) is 1. The van der Waals surface area contributed by atoms with Crippen LogP contribution < -0.4 is 9.47 Å². The Kier molecular flexibility index (Phi) is 4.86. The molecule has 0 unspecified atom stereocenters. The number of aryl methyl sites for hydroxylation is 2. The van der Waals surface area contributed by atoms with Gasteiger partial charge in [0, 0.05) is 0 Å². The van der Waals surface area contributed by atoms with E-state index in [0.717, 1.165) is 11.1 Å². The molecule has 0 aliphatic rings. The fraction of sp³-hybridized carbons (Fsp3) is 0.333. The van der Waals surface area contributed by atoms with Crippen LogP contribution in [0.25, 0.3) is 0 Å². The van der Waals surface area contributed by atoms with Gasteiger partial charge in [0.05, 0.1) is 13.2 Å². The van der Waals surface area contributed by atoms with Crippen LogP contribution >= 0.6 is 0 Å². The number of aliphatic hydroxyl groups is 1. The lowest BCUT2D eigenvalue weighted by Crippen LogP contribution is -2.00. The summed E-state index contributed by atoms with van der Waals surface area (Å²) in [6, 6.07) is 11.8. The molecule has 0 aliphatic carbocycles. The third-order valence-corrected chi connectivity index (χ3v) is 3.64. The highest BCUT2D eigenvalue weighted by Gasteiger charge is 2.09. The molecule has 0 saturated heterocycles. The van der Waals surface area contributed by atoms with Gasteiger partial charge >= 0.3 is 0 Å². The zero-order valence-corrected chi connectivity index (χ0v) is 13.0. The highest BCUT2D eigenvalue weighted by molar-refractivity contribution is 5.43. The molecule has 2 aromatic rings. The molecular formula is C18H22O3. The van der Waals surface area contributed by atoms with E-state index in [1.165, 1.54) is 11.1 Å². The van der Waals surface area contributed by atoms with Crippen molar-refractivity contribution in [2.24, 2.45) is 0 Å². The summed E-state index contributed by atoms with van der Waals surface area (Å²) < 4.78 is 11.2. The van der Waals surface area contributed by atoms with Crippen LogP contribution in [-0.2, 0) is 6.61 Å². The lowest BCUT2D eigenvalue weighted by molar-refractivity contribution is 0.198. The third kappa shape index (κ3) is 3.76. The predicted octanol–water partition coefficient (Wildman–Crippen LogP) is 3.94. The van der Waals surface area contributed by atoms with E-state index < -0.39 is 6.10 Å². The van der Waals surface area contributed by atoms with Gasteiger partial charge in [0.2, 0.25) is 0 Å². The van der Waals surface area contributed by atoms with E-state index >= 15 is 0 Å². The summed E-state index contributed by atoms with van der Waals surface area (Å²) >= 11 is 0. The second-order valence-corrected chi connectivity index (χ2v) is 5.29. The average Bonchev–Trinajstić information content (AvgIpc) is 2.48. The first-order chi connectivity index (χ1) is 10.0. The standard InChI is InChI=1S/C18H22O3/c1-12-5-6-15(9-13(12)2)11-21-17-8-7-16(14(3)19)10-18(17)20-4/h5-10,14,19H,11H2,1-4H3/t14-/m0/s1. The molecule has 3 heteroatoms. The Hall–Kier alpha value is -2.00. The molecule has 0 bridgehead atoms. The van der Waals surface area contributed by atoms with Crippen molar-refractivity contribution in [3.63, 3.8) is 0 Å². The summed E-state index contributed by atoms with van der Waals surface area (Å²) in [5.74, 6) is 1.32. The summed E-state index contributed by atoms with van der Waals surface area (Å²) in [6.07, 6.45) is -0.521. The van der Waals surface area contributed by atoms with E-state index in [2.05, 4.69) is 32.0 Å². The summed E-state index contributed by atoms with van der Waals surface area (Å²) in [5.41, 5.74) is 4.47. The van der Waals surface area contributed by atoms with Crippen LogP contribution in [0.15, 0.2) is 36.4 Å². The highest BCUT2D eigenvalue weighted by atomic mass is 16.5. The van der Waals surface area contributed by atoms with Gasteiger partial charge in [-0.1, -0.05) is 24.3 Å². The zero-order valence-electron chi connectivity index (χ0n) is 13.0. The second-order valence-electron chi connectivity index (χ2n) is 5.29. The molecular weight excluding hydrogens is 264 g/mol. The first-order valence-electron chi connectivity index (χ1n) is 7.06. The van der Waals surface area contributed by atoms with Crippen molar-refractivity contribution in [3.05, 3.63) is 58.7 Å². The topological polar surface area (TPSA) is 38.7 Å². The van der Waals surface area contributed by atoms with E-state index in [1.807, 2.05) is 12.1 Å². The van der Waals surface area contributed by atoms with Crippen molar-refractivity contribution in [3.8, 4) is 11.5 Å². The van der Waals surface area contributed by atoms with Gasteiger partial charge in [0.1, 0.15) is 6.61 Å². The second kappa shape index (κ2) is 6.64. The molecule has 0 spiro atoms. The van der Waals surface area contributed by atoms with E-state index in [9.17, 15) is 5.11 Å². The van der Waals surface area contributed by atoms with Crippen LogP contribution in [0.5, 0.6) is 11.5 Å². The Labute approximate surface area is 126 Å². The van der Waals surface area contributed by atoms with Gasteiger partial charge in [-0.3, -0.25) is 0 Å². The number of aliphatic hydroxyl groups excluding tert-OH is 1. The lowest BCUT2D eigenvalue weighted by Gasteiger charge is -2.14. The molecule has 21 heavy (non-hydrogen) atoms. The van der Waals surface area contributed by atoms with Gasteiger partial charge in [-0.05, 0) is 55.2 Å². The van der Waals surface area contributed by atoms with Crippen molar-refractivity contribution >= 4 is 0 Å². The van der Waals surface area contributed by atoms with Crippen molar-refractivity contribution in [1.82, 2.24) is 0 Å². The Bertz CT molecular complexity index is 618. The summed E-state index contributed by atoms with van der Waals surface area (Å²) in [7, 11) is 1.60. The van der Waals surface area contributed by atoms with E-state index in [0.29, 0.717) is 18.1 Å². The Morgan fingerprint density at radius 2 is 1.76 bits per heavy atom. The van der Waals surface area contributed by atoms with Crippen LogP contribution in [0.4, 0.5) is 0 Å². The average molecular weight is 286 g/mol. The van der Waals surface area contributed by atoms with E-state index in [-0.39, 0.29) is 0 Å². The zero-order chi connectivity index (χ0) is 15.4. The van der Waals surface area contributed by atoms with Crippen molar-refractivity contribution < 1.29 is 14.6 Å². The molecule has 0 heterocycles. The molecule has 0 fully saturated rings. The lowest BCUT2D eigenvalue weighted by atomic mass is 10.1. The first-order valence-corrected chi connectivity index (χ1v) is 7.06. The third-order valence-electron chi connectivity index (χ3n) is 3.64. The fourth-order valence-corrected chi connectivity index (χ4v) is 2.12. The van der Waals surface area contributed by atoms with Gasteiger partial charge in [-0.25, -0.2) is 0 Å². The maximum Gasteiger partial charge on any atom is 0.161 e. The maximum atomic E-state index is 9.60. The Morgan fingerprint density at radius 3 is 2.38 bits per heavy atom. The minimum atomic E-state index is -0.521. The molecule has 1 N–H and O–H groups in total. The molecule has 0 aromatic heterocycles. The molecule has 0 aliphatic heterocycles. The van der Waals surface area contributed by atoms with Crippen LogP contribution in [-0.4, -0.2) is 12.2 Å². The molecule has 3 nitrogen and oxygen atoms in total. The molecule has 0 saturated carbocycles. The Balaban J connectivity index is 2.13. The predicted molar refractivity (Wildman–Crippen MR) is 83.9 cm³/mol. The van der Waals surface area contributed by atoms with Crippen molar-refractivity contribution in [1.29, 1.82) is 0 Å². The molecule has 112 valence electrons. The van der Waals surface area contributed by atoms with Crippen LogP contribution in [0.3, 0.4) is 0 Å². The number of rotatable bonds is 5. The quantitative estimate of drug-likeness (QED) is 0.904. The number of hydrogen-bond acceptors (Lipinski definition) is 3. The van der Waals surface area contributed by atoms with E-state index in [1.54, 1.807) is 20.1 Å². The van der Waals surface area contributed by atoms with Crippen LogP contribution in [0.1, 0.15) is 35.3 Å². The van der Waals surface area contributed by atoms with Gasteiger partial charge in [-0.15, -0.1) is 0 Å². The highest BCUT2D eigenvalue weighted by Crippen LogP contribution is 2.31. The minimum absolute atomic E-state index is 0.492. The summed E-state index contributed by atoms with van der Waals surface area (Å²) in [6.45, 7) is 6.41. The van der Waals surface area contributed by atoms with Crippen LogP contribution in [0.2, 0.25) is 0 Å². The van der Waals surface area contributed by atoms with Crippen molar-refractivity contribution in [2.45, 2.75) is 33.5 Å². The monoisotopic (exact) mass is 286 g/mol. The molecule has 0 radical (unpaired) electrons. The van der Waals surface area contributed by atoms with Gasteiger partial charge < -0.3 is 14.6 Å². The summed E-state index contributed by atoms with van der Waals surface area (Å²) in [5, 5.41) is 9.60. The first kappa shape index (κ1) is 15.4. The number of methoxy groups -OCH3 is 1. The molecule has 1 atom stereocenters. The minimum Gasteiger partial charge on any atom is -0.493 e. The summed E-state index contributed by atoms with van der Waals surface area (Å²) in [4.78, 5) is 0. The van der Waals surface area contributed by atoms with Crippen molar-refractivity contribution in [2.75, 3.05) is 7.11 Å². The molecule has 0 amide bonds. The molecule has 2 rings (SSSR count).